The van der Waals surface area contributed by atoms with Gasteiger partial charge in [0.25, 0.3) is 0 Å². The van der Waals surface area contributed by atoms with Crippen LogP contribution in [0.15, 0.2) is 54.6 Å². The van der Waals surface area contributed by atoms with E-state index in [1.165, 1.54) is 7.11 Å². The molecule has 1 aliphatic heterocycles. The van der Waals surface area contributed by atoms with Gasteiger partial charge in [0.2, 0.25) is 5.95 Å². The molecule has 0 bridgehead atoms. The number of esters is 1. The molecular formula is C23H21N5O3. The van der Waals surface area contributed by atoms with Crippen molar-refractivity contribution >= 4 is 23.6 Å². The Bertz CT molecular complexity index is 1120. The van der Waals surface area contributed by atoms with Crippen LogP contribution in [0.1, 0.15) is 21.7 Å². The monoisotopic (exact) mass is 415 g/mol. The number of nitriles is 1. The first-order valence-electron chi connectivity index (χ1n) is 9.85. The number of ether oxygens (including phenoxy) is 2. The molecule has 2 aromatic carbocycles. The molecule has 0 amide bonds. The Morgan fingerprint density at radius 3 is 2.45 bits per heavy atom. The zero-order valence-corrected chi connectivity index (χ0v) is 17.1. The second-order valence-electron chi connectivity index (χ2n) is 6.88. The third-order valence-electron chi connectivity index (χ3n) is 4.96. The van der Waals surface area contributed by atoms with E-state index in [-0.39, 0.29) is 0 Å². The molecule has 0 atom stereocenters. The summed E-state index contributed by atoms with van der Waals surface area (Å²) in [5.41, 5.74) is 2.44. The third-order valence-corrected chi connectivity index (χ3v) is 4.96. The van der Waals surface area contributed by atoms with Crippen molar-refractivity contribution in [2.75, 3.05) is 38.3 Å². The highest BCUT2D eigenvalue weighted by Gasteiger charge is 2.23. The fraction of sp³-hybridized carbons (Fsp3) is 0.217. The molecule has 156 valence electrons. The first-order chi connectivity index (χ1) is 15.2. The van der Waals surface area contributed by atoms with Gasteiger partial charge in [0, 0.05) is 13.1 Å². The fourth-order valence-corrected chi connectivity index (χ4v) is 3.38. The number of aromatic nitrogens is 3. The summed E-state index contributed by atoms with van der Waals surface area (Å²) in [4.78, 5) is 13.8. The van der Waals surface area contributed by atoms with E-state index in [0.717, 1.165) is 11.3 Å². The number of hydrogen-bond acceptors (Lipinski definition) is 7. The summed E-state index contributed by atoms with van der Waals surface area (Å²) in [6.07, 6.45) is 1.73. The molecule has 1 saturated heterocycles. The van der Waals surface area contributed by atoms with E-state index >= 15 is 0 Å². The molecule has 1 aliphatic rings. The number of hydrogen-bond donors (Lipinski definition) is 0. The van der Waals surface area contributed by atoms with Gasteiger partial charge in [-0.1, -0.05) is 30.3 Å². The predicted molar refractivity (Wildman–Crippen MR) is 116 cm³/mol. The van der Waals surface area contributed by atoms with Crippen LogP contribution in [0.25, 0.3) is 17.3 Å². The van der Waals surface area contributed by atoms with Crippen molar-refractivity contribution < 1.29 is 14.3 Å². The maximum absolute atomic E-state index is 11.7. The lowest BCUT2D eigenvalue weighted by molar-refractivity contribution is 0.0600. The second kappa shape index (κ2) is 9.24. The second-order valence-corrected chi connectivity index (χ2v) is 6.88. The Kier molecular flexibility index (Phi) is 6.05. The van der Waals surface area contributed by atoms with Crippen LogP contribution >= 0.6 is 0 Å². The Morgan fingerprint density at radius 1 is 1.10 bits per heavy atom. The molecule has 0 aliphatic carbocycles. The van der Waals surface area contributed by atoms with E-state index in [0.29, 0.717) is 49.2 Å². The van der Waals surface area contributed by atoms with Gasteiger partial charge in [0.15, 0.2) is 5.82 Å². The lowest BCUT2D eigenvalue weighted by Crippen LogP contribution is -2.38. The minimum atomic E-state index is -0.407. The highest BCUT2D eigenvalue weighted by molar-refractivity contribution is 5.91. The van der Waals surface area contributed by atoms with E-state index in [2.05, 4.69) is 21.2 Å². The van der Waals surface area contributed by atoms with Crippen LogP contribution in [0.4, 0.5) is 5.95 Å². The molecule has 0 saturated carbocycles. The molecule has 0 unspecified atom stereocenters. The molecule has 1 aromatic heterocycles. The summed E-state index contributed by atoms with van der Waals surface area (Å²) in [5.74, 6) is 0.717. The van der Waals surface area contributed by atoms with Crippen molar-refractivity contribution in [2.24, 2.45) is 0 Å². The molecule has 0 spiro atoms. The molecule has 8 nitrogen and oxygen atoms in total. The van der Waals surface area contributed by atoms with Gasteiger partial charge in [0.1, 0.15) is 6.07 Å². The third kappa shape index (κ3) is 4.32. The van der Waals surface area contributed by atoms with E-state index in [1.54, 1.807) is 30.3 Å². The molecule has 8 heteroatoms. The number of carbonyl (C=O) groups is 1. The largest absolute Gasteiger partial charge is 0.465 e. The minimum Gasteiger partial charge on any atom is -0.465 e. The Hall–Kier alpha value is -3.96. The van der Waals surface area contributed by atoms with Crippen molar-refractivity contribution in [3.05, 3.63) is 71.5 Å². The fourth-order valence-electron chi connectivity index (χ4n) is 3.38. The number of allylic oxidation sites excluding steroid dienone is 1. The van der Waals surface area contributed by atoms with Gasteiger partial charge in [-0.25, -0.2) is 4.79 Å². The molecule has 0 radical (unpaired) electrons. The first kappa shape index (κ1) is 20.3. The summed E-state index contributed by atoms with van der Waals surface area (Å²) in [6, 6.07) is 18.8. The van der Waals surface area contributed by atoms with Crippen LogP contribution in [0.3, 0.4) is 0 Å². The lowest BCUT2D eigenvalue weighted by atomic mass is 10.1. The van der Waals surface area contributed by atoms with E-state index in [9.17, 15) is 10.1 Å². The first-order valence-corrected chi connectivity index (χ1v) is 9.85. The van der Waals surface area contributed by atoms with Crippen molar-refractivity contribution in [1.29, 1.82) is 5.26 Å². The molecule has 3 aromatic rings. The average Bonchev–Trinajstić information content (AvgIpc) is 3.28. The molecule has 0 N–H and O–H groups in total. The van der Waals surface area contributed by atoms with Gasteiger partial charge in [-0.3, -0.25) is 4.57 Å². The van der Waals surface area contributed by atoms with Crippen molar-refractivity contribution in [3.8, 4) is 11.8 Å². The molecule has 2 heterocycles. The van der Waals surface area contributed by atoms with E-state index in [4.69, 9.17) is 9.47 Å². The Labute approximate surface area is 180 Å². The van der Waals surface area contributed by atoms with Crippen LogP contribution in [0.2, 0.25) is 0 Å². The number of methoxy groups -OCH3 is 1. The van der Waals surface area contributed by atoms with Crippen molar-refractivity contribution in [2.45, 2.75) is 0 Å². The number of carbonyl (C=O) groups excluding carboxylic acids is 1. The minimum absolute atomic E-state index is 0.363. The maximum Gasteiger partial charge on any atom is 0.337 e. The van der Waals surface area contributed by atoms with Crippen molar-refractivity contribution in [3.63, 3.8) is 0 Å². The number of anilines is 1. The normalized spacial score (nSPS) is 14.2. The zero-order valence-electron chi connectivity index (χ0n) is 17.1. The van der Waals surface area contributed by atoms with Gasteiger partial charge in [0.05, 0.1) is 37.1 Å². The van der Waals surface area contributed by atoms with Crippen LogP contribution in [0, 0.1) is 11.3 Å². The number of nitrogens with zero attached hydrogens (tertiary/aromatic N) is 5. The molecule has 4 rings (SSSR count). The summed E-state index contributed by atoms with van der Waals surface area (Å²) in [7, 11) is 1.34. The van der Waals surface area contributed by atoms with Crippen molar-refractivity contribution in [1.82, 2.24) is 14.8 Å². The quantitative estimate of drug-likeness (QED) is 0.467. The van der Waals surface area contributed by atoms with E-state index in [1.807, 2.05) is 34.9 Å². The SMILES string of the molecule is COC(=O)c1ccc(/C=C(\C#N)c2nnc(N3CCOCC3)n2-c2ccccc2)cc1. The van der Waals surface area contributed by atoms with Gasteiger partial charge in [-0.2, -0.15) is 5.26 Å². The number of benzene rings is 2. The number of para-hydroxylation sites is 1. The van der Waals surface area contributed by atoms with Gasteiger partial charge < -0.3 is 14.4 Å². The van der Waals surface area contributed by atoms with Gasteiger partial charge >= 0.3 is 5.97 Å². The predicted octanol–water partition coefficient (Wildman–Crippen LogP) is 2.95. The van der Waals surface area contributed by atoms with Crippen LogP contribution < -0.4 is 4.90 Å². The molecular weight excluding hydrogens is 394 g/mol. The maximum atomic E-state index is 11.7. The van der Waals surface area contributed by atoms with Crippen LogP contribution in [-0.4, -0.2) is 54.1 Å². The summed E-state index contributed by atoms with van der Waals surface area (Å²) in [6.45, 7) is 2.63. The summed E-state index contributed by atoms with van der Waals surface area (Å²) >= 11 is 0. The zero-order chi connectivity index (χ0) is 21.6. The Morgan fingerprint density at radius 2 is 1.81 bits per heavy atom. The number of morpholine rings is 1. The van der Waals surface area contributed by atoms with Crippen LogP contribution in [0.5, 0.6) is 0 Å². The molecule has 1 fully saturated rings. The Balaban J connectivity index is 1.76. The lowest BCUT2D eigenvalue weighted by Gasteiger charge is -2.28. The number of rotatable bonds is 5. The standard InChI is InChI=1S/C23H21N5O3/c1-30-22(29)18-9-7-17(8-10-18)15-19(16-24)21-25-26-23(27-11-13-31-14-12-27)28(21)20-5-3-2-4-6-20/h2-10,15H,11-14H2,1H3/b19-15+. The van der Waals surface area contributed by atoms with Crippen LogP contribution in [-0.2, 0) is 9.47 Å². The van der Waals surface area contributed by atoms with Gasteiger partial charge in [-0.15, -0.1) is 10.2 Å². The summed E-state index contributed by atoms with van der Waals surface area (Å²) < 4.78 is 12.1. The van der Waals surface area contributed by atoms with Gasteiger partial charge in [-0.05, 0) is 35.9 Å². The topological polar surface area (TPSA) is 93.3 Å². The smallest absolute Gasteiger partial charge is 0.337 e. The molecule has 31 heavy (non-hydrogen) atoms. The summed E-state index contributed by atoms with van der Waals surface area (Å²) in [5, 5.41) is 18.7. The average molecular weight is 415 g/mol. The van der Waals surface area contributed by atoms with E-state index < -0.39 is 5.97 Å². The highest BCUT2D eigenvalue weighted by Crippen LogP contribution is 2.26. The highest BCUT2D eigenvalue weighted by atomic mass is 16.5.